The number of amides is 1. The lowest BCUT2D eigenvalue weighted by molar-refractivity contribution is 0.0503. The smallest absolute Gasteiger partial charge is 0.407 e. The number of ether oxygens (including phenoxy) is 2. The first kappa shape index (κ1) is 27.3. The van der Waals surface area contributed by atoms with Gasteiger partial charge in [-0.25, -0.2) is 14.6 Å². The molecule has 2 atom stereocenters. The van der Waals surface area contributed by atoms with Gasteiger partial charge in [-0.15, -0.1) is 0 Å². The maximum atomic E-state index is 12.6. The highest BCUT2D eigenvalue weighted by molar-refractivity contribution is 5.89. The van der Waals surface area contributed by atoms with Gasteiger partial charge in [-0.1, -0.05) is 36.6 Å². The molecule has 2 fully saturated rings. The highest BCUT2D eigenvalue weighted by atomic mass is 16.6. The van der Waals surface area contributed by atoms with E-state index in [4.69, 9.17) is 14.5 Å². The fourth-order valence-electron chi connectivity index (χ4n) is 6.79. The van der Waals surface area contributed by atoms with Crippen LogP contribution in [0.1, 0.15) is 87.3 Å². The zero-order valence-corrected chi connectivity index (χ0v) is 24.1. The van der Waals surface area contributed by atoms with Crippen molar-refractivity contribution < 1.29 is 19.1 Å². The fraction of sp³-hybridized carbons (Fsp3) is 0.500. The molecule has 0 unspecified atom stereocenters. The number of benzene rings is 1. The molecule has 3 aliphatic carbocycles. The van der Waals surface area contributed by atoms with E-state index in [2.05, 4.69) is 21.8 Å². The van der Waals surface area contributed by atoms with Crippen molar-refractivity contribution >= 4 is 23.5 Å². The molecule has 9 nitrogen and oxygen atoms in total. The van der Waals surface area contributed by atoms with Crippen molar-refractivity contribution in [3.63, 3.8) is 0 Å². The second-order valence-corrected chi connectivity index (χ2v) is 12.5. The van der Waals surface area contributed by atoms with Crippen LogP contribution in [0.4, 0.5) is 10.6 Å². The number of alkyl carbamates (subject to hydrolysis) is 1. The molecule has 9 heteroatoms. The van der Waals surface area contributed by atoms with Crippen LogP contribution in [0, 0.1) is 0 Å². The molecular formula is C32H39N5O4. The third-order valence-electron chi connectivity index (χ3n) is 8.57. The van der Waals surface area contributed by atoms with Gasteiger partial charge in [0.2, 0.25) is 0 Å². The number of anilines is 1. The van der Waals surface area contributed by atoms with Crippen LogP contribution in [0.2, 0.25) is 0 Å². The van der Waals surface area contributed by atoms with Crippen LogP contribution in [-0.4, -0.2) is 51.0 Å². The average Bonchev–Trinajstić information content (AvgIpc) is 3.73. The minimum absolute atomic E-state index is 0.0567. The lowest BCUT2D eigenvalue weighted by atomic mass is 9.79. The summed E-state index contributed by atoms with van der Waals surface area (Å²) < 4.78 is 13.0. The van der Waals surface area contributed by atoms with Gasteiger partial charge in [-0.2, -0.15) is 9.61 Å². The van der Waals surface area contributed by atoms with Crippen molar-refractivity contribution in [2.24, 2.45) is 0 Å². The lowest BCUT2D eigenvalue weighted by Gasteiger charge is -2.26. The van der Waals surface area contributed by atoms with E-state index >= 15 is 0 Å². The third-order valence-corrected chi connectivity index (χ3v) is 8.57. The Bertz CT molecular complexity index is 1470. The summed E-state index contributed by atoms with van der Waals surface area (Å²) in [6.45, 7) is 5.85. The number of esters is 1. The van der Waals surface area contributed by atoms with E-state index in [1.165, 1.54) is 11.1 Å². The molecular weight excluding hydrogens is 518 g/mol. The first-order valence-corrected chi connectivity index (χ1v) is 14.8. The van der Waals surface area contributed by atoms with E-state index in [0.29, 0.717) is 5.56 Å². The summed E-state index contributed by atoms with van der Waals surface area (Å²) in [6, 6.07) is 11.3. The number of fused-ring (bicyclic) bond motifs is 3. The van der Waals surface area contributed by atoms with Gasteiger partial charge in [0.15, 0.2) is 5.65 Å². The fourth-order valence-corrected chi connectivity index (χ4v) is 6.79. The molecule has 2 N–H and O–H groups in total. The summed E-state index contributed by atoms with van der Waals surface area (Å²) in [5, 5.41) is 11.5. The Hall–Kier alpha value is -3.88. The third kappa shape index (κ3) is 5.54. The van der Waals surface area contributed by atoms with E-state index in [1.807, 2.05) is 49.6 Å². The first-order valence-electron chi connectivity index (χ1n) is 14.8. The Morgan fingerprint density at radius 3 is 2.61 bits per heavy atom. The maximum Gasteiger partial charge on any atom is 0.407 e. The number of hydrogen-bond acceptors (Lipinski definition) is 7. The van der Waals surface area contributed by atoms with Crippen LogP contribution in [-0.2, 0) is 21.3 Å². The van der Waals surface area contributed by atoms with E-state index in [-0.39, 0.29) is 36.2 Å². The number of nitrogens with zero attached hydrogens (tertiary/aromatic N) is 3. The van der Waals surface area contributed by atoms with Crippen LogP contribution in [0.3, 0.4) is 0 Å². The predicted octanol–water partition coefficient (Wildman–Crippen LogP) is 5.74. The second-order valence-electron chi connectivity index (χ2n) is 12.5. The standard InChI is InChI=1S/C32H39N5O4/c1-31(2,3)41-30(39)35-24-12-11-23(20-24)34-28-25-19-22(14-18-40-29(38)21-9-5-4-6-10-21)32(15-7-8-16-32)27(25)36-26-13-17-33-37(26)28/h4-6,9-10,13-14,17,23-24,34H,7-8,11-12,15-16,18-20H2,1-3H3,(H,35,39)/t23-,24-/m0/s1. The quantitative estimate of drug-likeness (QED) is 0.294. The van der Waals surface area contributed by atoms with Crippen LogP contribution in [0.15, 0.2) is 54.2 Å². The Kier molecular flexibility index (Phi) is 7.21. The number of carbonyl (C=O) groups excluding carboxylic acids is 2. The van der Waals surface area contributed by atoms with E-state index in [0.717, 1.165) is 68.5 Å². The van der Waals surface area contributed by atoms with Crippen LogP contribution in [0.25, 0.3) is 5.65 Å². The summed E-state index contributed by atoms with van der Waals surface area (Å²) in [6.07, 6.45) is 11.3. The Labute approximate surface area is 240 Å². The highest BCUT2D eigenvalue weighted by Crippen LogP contribution is 2.54. The van der Waals surface area contributed by atoms with Crippen molar-refractivity contribution in [3.8, 4) is 0 Å². The maximum absolute atomic E-state index is 12.6. The monoisotopic (exact) mass is 557 g/mol. The van der Waals surface area contributed by atoms with Crippen molar-refractivity contribution in [1.29, 1.82) is 0 Å². The average molecular weight is 558 g/mol. The molecule has 41 heavy (non-hydrogen) atoms. The molecule has 0 aliphatic heterocycles. The number of allylic oxidation sites excluding steroid dienone is 1. The number of aromatic nitrogens is 3. The zero-order valence-electron chi connectivity index (χ0n) is 24.1. The van der Waals surface area contributed by atoms with Crippen LogP contribution in [0.5, 0.6) is 0 Å². The molecule has 0 radical (unpaired) electrons. The summed E-state index contributed by atoms with van der Waals surface area (Å²) in [4.78, 5) is 30.1. The van der Waals surface area contributed by atoms with Crippen molar-refractivity contribution in [2.45, 2.75) is 95.2 Å². The van der Waals surface area contributed by atoms with Gasteiger partial charge in [-0.3, -0.25) is 0 Å². The van der Waals surface area contributed by atoms with Crippen LogP contribution < -0.4 is 10.6 Å². The molecule has 1 aromatic carbocycles. The normalized spacial score (nSPS) is 22.3. The van der Waals surface area contributed by atoms with Crippen molar-refractivity contribution in [1.82, 2.24) is 19.9 Å². The number of nitrogens with one attached hydrogen (secondary N) is 2. The Morgan fingerprint density at radius 2 is 1.85 bits per heavy atom. The highest BCUT2D eigenvalue weighted by Gasteiger charge is 2.48. The van der Waals surface area contributed by atoms with E-state index in [9.17, 15) is 9.59 Å². The van der Waals surface area contributed by atoms with Crippen molar-refractivity contribution in [2.75, 3.05) is 11.9 Å². The van der Waals surface area contributed by atoms with E-state index < -0.39 is 5.60 Å². The molecule has 2 saturated carbocycles. The number of carbonyl (C=O) groups is 2. The van der Waals surface area contributed by atoms with Gasteiger partial charge in [0.25, 0.3) is 0 Å². The molecule has 0 saturated heterocycles. The second kappa shape index (κ2) is 10.8. The lowest BCUT2D eigenvalue weighted by Crippen LogP contribution is -2.38. The van der Waals surface area contributed by atoms with Gasteiger partial charge in [0.05, 0.1) is 17.5 Å². The van der Waals surface area contributed by atoms with Crippen LogP contribution >= 0.6 is 0 Å². The predicted molar refractivity (Wildman–Crippen MR) is 156 cm³/mol. The SMILES string of the molecule is CC(C)(C)OC(=O)N[C@H]1CC[C@H](Nc2c3c(nc4ccnn24)C2(CCCC2)C(=CCOC(=O)c2ccccc2)C3)C1. The molecule has 2 aromatic heterocycles. The summed E-state index contributed by atoms with van der Waals surface area (Å²) >= 11 is 0. The molecule has 0 bridgehead atoms. The zero-order chi connectivity index (χ0) is 28.6. The molecule has 2 heterocycles. The van der Waals surface area contributed by atoms with Gasteiger partial charge in [0.1, 0.15) is 18.0 Å². The van der Waals surface area contributed by atoms with Gasteiger partial charge in [-0.05, 0) is 77.5 Å². The van der Waals surface area contributed by atoms with E-state index in [1.54, 1.807) is 18.3 Å². The molecule has 1 amide bonds. The number of hydrogen-bond donors (Lipinski definition) is 2. The Morgan fingerprint density at radius 1 is 1.10 bits per heavy atom. The summed E-state index contributed by atoms with van der Waals surface area (Å²) in [5.41, 5.74) is 4.32. The molecule has 3 aliphatic rings. The topological polar surface area (TPSA) is 107 Å². The largest absolute Gasteiger partial charge is 0.458 e. The molecule has 3 aromatic rings. The first-order chi connectivity index (χ1) is 19.7. The molecule has 6 rings (SSSR count). The minimum Gasteiger partial charge on any atom is -0.458 e. The molecule has 1 spiro atoms. The van der Waals surface area contributed by atoms with Gasteiger partial charge < -0.3 is 20.1 Å². The molecule has 216 valence electrons. The Balaban J connectivity index is 1.23. The van der Waals surface area contributed by atoms with Gasteiger partial charge >= 0.3 is 12.1 Å². The summed E-state index contributed by atoms with van der Waals surface area (Å²) in [7, 11) is 0. The minimum atomic E-state index is -0.523. The number of rotatable bonds is 6. The van der Waals surface area contributed by atoms with Crippen molar-refractivity contribution in [3.05, 3.63) is 71.1 Å². The van der Waals surface area contributed by atoms with Gasteiger partial charge in [0, 0.05) is 29.1 Å². The summed E-state index contributed by atoms with van der Waals surface area (Å²) in [5.74, 6) is 0.669.